The lowest BCUT2D eigenvalue weighted by molar-refractivity contribution is -0.498. The molecule has 0 spiro atoms. The fourth-order valence-electron chi connectivity index (χ4n) is 4.07. The summed E-state index contributed by atoms with van der Waals surface area (Å²) < 4.78 is 64.8. The Morgan fingerprint density at radius 2 is 1.04 bits per heavy atom. The average Bonchev–Trinajstić information content (AvgIpc) is 3.02. The summed E-state index contributed by atoms with van der Waals surface area (Å²) in [5, 5.41) is 24.8. The number of carboxylic acid groups (broad SMARTS) is 2. The topological polar surface area (TPSA) is 164 Å². The highest BCUT2D eigenvalue weighted by Crippen LogP contribution is 2.55. The van der Waals surface area contributed by atoms with Gasteiger partial charge >= 0.3 is 18.3 Å². The minimum Gasteiger partial charge on any atom is -0.542 e. The molecule has 0 aliphatic rings. The Labute approximate surface area is 268 Å². The van der Waals surface area contributed by atoms with Crippen molar-refractivity contribution >= 4 is 47.0 Å². The van der Waals surface area contributed by atoms with Gasteiger partial charge in [-0.25, -0.2) is 0 Å². The normalized spacial score (nSPS) is 11.1. The number of nitrogens with zero attached hydrogens (tertiary/aromatic N) is 1. The average molecular weight is 689 g/mol. The van der Waals surface area contributed by atoms with Crippen molar-refractivity contribution in [2.24, 2.45) is 11.5 Å². The van der Waals surface area contributed by atoms with E-state index in [9.17, 15) is 31.1 Å². The van der Waals surface area contributed by atoms with Crippen molar-refractivity contribution in [3.05, 3.63) is 91.0 Å². The first-order chi connectivity index (χ1) is 21.9. The number of hydrogen-bond acceptors (Lipinski definition) is 5. The molecule has 0 aliphatic heterocycles. The van der Waals surface area contributed by atoms with Crippen LogP contribution in [0.15, 0.2) is 91.0 Å². The minimum atomic E-state index is -5.19. The summed E-state index contributed by atoms with van der Waals surface area (Å²) in [6, 6.07) is 32.7. The van der Waals surface area contributed by atoms with Gasteiger partial charge in [0.25, 0.3) is 0 Å². The van der Waals surface area contributed by atoms with E-state index < -0.39 is 31.6 Å². The maximum atomic E-state index is 12.2. The summed E-state index contributed by atoms with van der Waals surface area (Å²) in [4.78, 5) is 29.7. The molecule has 5 N–H and O–H groups in total. The molecule has 9 nitrogen and oxygen atoms in total. The van der Waals surface area contributed by atoms with Crippen molar-refractivity contribution in [3.63, 3.8) is 0 Å². The first-order valence-electron chi connectivity index (χ1n) is 13.9. The number of rotatable bonds is 11. The second-order valence-corrected chi connectivity index (χ2v) is 13.4. The van der Waals surface area contributed by atoms with E-state index in [1.807, 2.05) is 0 Å². The number of carbonyl (C=O) groups excluding carboxylic acids is 3. The molecule has 1 amide bonds. The van der Waals surface area contributed by atoms with Gasteiger partial charge in [0, 0.05) is 6.54 Å². The molecule has 0 fully saturated rings. The Hall–Kier alpha value is -4.65. The van der Waals surface area contributed by atoms with Crippen LogP contribution in [0.1, 0.15) is 19.3 Å². The third-order valence-electron chi connectivity index (χ3n) is 6.41. The van der Waals surface area contributed by atoms with Crippen LogP contribution in [0.4, 0.5) is 26.3 Å². The number of carbonyl (C=O) groups is 3. The number of amides is 1. The Morgan fingerprint density at radius 3 is 1.34 bits per heavy atom. The monoisotopic (exact) mass is 688 g/mol. The molecule has 0 heterocycles. The summed E-state index contributed by atoms with van der Waals surface area (Å²) in [6.07, 6.45) is -7.00. The van der Waals surface area contributed by atoms with Crippen molar-refractivity contribution in [1.29, 1.82) is 0 Å². The third-order valence-corrected chi connectivity index (χ3v) is 10.9. The van der Waals surface area contributed by atoms with Gasteiger partial charge in [0.1, 0.15) is 35.1 Å². The molecule has 47 heavy (non-hydrogen) atoms. The summed E-state index contributed by atoms with van der Waals surface area (Å²) in [5.74, 6) is -5.76. The molecule has 0 saturated heterocycles. The van der Waals surface area contributed by atoms with Crippen LogP contribution in [-0.2, 0) is 14.4 Å². The predicted molar refractivity (Wildman–Crippen MR) is 163 cm³/mol. The van der Waals surface area contributed by atoms with Gasteiger partial charge in [-0.05, 0) is 49.2 Å². The lowest BCUT2D eigenvalue weighted by Crippen LogP contribution is -2.37. The molecule has 0 aromatic heterocycles. The van der Waals surface area contributed by atoms with Crippen LogP contribution >= 0.6 is 7.26 Å². The van der Waals surface area contributed by atoms with Crippen LogP contribution in [0.25, 0.3) is 0 Å². The third kappa shape index (κ3) is 14.1. The molecule has 256 valence electrons. The zero-order valence-corrected chi connectivity index (χ0v) is 26.2. The van der Waals surface area contributed by atoms with Gasteiger partial charge in [-0.1, -0.05) is 54.6 Å². The van der Waals surface area contributed by atoms with Crippen LogP contribution in [0.2, 0.25) is 0 Å². The molecule has 0 bridgehead atoms. The molecule has 0 radical (unpaired) electrons. The summed E-state index contributed by atoms with van der Waals surface area (Å²) in [6.45, 7) is 1.18. The highest BCUT2D eigenvalue weighted by molar-refractivity contribution is 7.95. The van der Waals surface area contributed by atoms with E-state index in [1.54, 1.807) is 11.6 Å². The molecule has 16 heteroatoms. The maximum absolute atomic E-state index is 12.2. The Kier molecular flexibility index (Phi) is 16.4. The summed E-state index contributed by atoms with van der Waals surface area (Å²) in [5.41, 5.74) is 11.1. The summed E-state index contributed by atoms with van der Waals surface area (Å²) >= 11 is 0. The van der Waals surface area contributed by atoms with Gasteiger partial charge in [0.2, 0.25) is 5.91 Å². The van der Waals surface area contributed by atoms with Crippen molar-refractivity contribution < 1.29 is 55.5 Å². The fourth-order valence-corrected chi connectivity index (χ4v) is 8.48. The second-order valence-electron chi connectivity index (χ2n) is 9.76. The second kappa shape index (κ2) is 19.1. The van der Waals surface area contributed by atoms with Crippen LogP contribution in [0.5, 0.6) is 0 Å². The molecule has 3 aromatic carbocycles. The lowest BCUT2D eigenvalue weighted by Gasteiger charge is -2.27. The van der Waals surface area contributed by atoms with Gasteiger partial charge in [-0.15, -0.1) is 0 Å². The van der Waals surface area contributed by atoms with Gasteiger partial charge in [-0.3, -0.25) is 20.8 Å². The van der Waals surface area contributed by atoms with E-state index in [1.165, 1.54) is 15.9 Å². The number of nitrogens with one attached hydrogen (secondary N) is 1. The fraction of sp³-hybridized carbons (Fsp3) is 0.290. The standard InChI is InChI=1S/C27H33N4OP.2C2HF3O2/c1-31(27(28)29)21-19-26(32)30-20-11-12-22-33(23-13-5-2-6-14-23,24-15-7-3-8-16-24)25-17-9-4-10-18-25;2*3-2(4,5)1(6)7/h2-10,13-18H,11-12,19-22H2,1H3,(H3-,28,29,30,32);2*(H,6,7). The Balaban J connectivity index is 0.000000658. The van der Waals surface area contributed by atoms with E-state index in [2.05, 4.69) is 96.3 Å². The number of hydrogen-bond donors (Lipinski definition) is 3. The number of alkyl halides is 6. The number of halogens is 6. The van der Waals surface area contributed by atoms with E-state index in [4.69, 9.17) is 31.3 Å². The minimum absolute atomic E-state index is 0.0262. The Morgan fingerprint density at radius 1 is 0.702 bits per heavy atom. The lowest BCUT2D eigenvalue weighted by atomic mass is 10.3. The van der Waals surface area contributed by atoms with Crippen LogP contribution in [-0.4, -0.2) is 67.0 Å². The van der Waals surface area contributed by atoms with E-state index in [0.717, 1.165) is 19.0 Å². The highest BCUT2D eigenvalue weighted by Gasteiger charge is 2.44. The molecule has 0 unspecified atom stereocenters. The highest BCUT2D eigenvalue weighted by atomic mass is 31.2. The number of unbranched alkanes of at least 4 members (excludes halogenated alkanes) is 1. The first-order valence-corrected chi connectivity index (χ1v) is 15.9. The quantitative estimate of drug-likeness (QED) is 0.0670. The zero-order chi connectivity index (χ0) is 35.7. The predicted octanol–water partition coefficient (Wildman–Crippen LogP) is 0.780. The molecule has 0 atom stereocenters. The van der Waals surface area contributed by atoms with Crippen molar-refractivity contribution in [1.82, 2.24) is 5.32 Å². The van der Waals surface area contributed by atoms with Crippen molar-refractivity contribution in [3.8, 4) is 0 Å². The molecule has 3 aromatic rings. The Bertz CT molecular complexity index is 1320. The summed E-state index contributed by atoms with van der Waals surface area (Å²) in [7, 11) is -0.0235. The largest absolute Gasteiger partial charge is 0.542 e. The number of benzene rings is 3. The van der Waals surface area contributed by atoms with Crippen LogP contribution < -0.4 is 42.9 Å². The zero-order valence-electron chi connectivity index (χ0n) is 25.3. The van der Waals surface area contributed by atoms with Gasteiger partial charge in [0.05, 0.1) is 26.2 Å². The van der Waals surface area contributed by atoms with Gasteiger partial charge in [0.15, 0.2) is 0 Å². The van der Waals surface area contributed by atoms with Crippen LogP contribution in [0, 0.1) is 0 Å². The first kappa shape index (κ1) is 40.4. The van der Waals surface area contributed by atoms with Gasteiger partial charge < -0.3 is 25.1 Å². The molecular formula is C31H35F6N4O5P. The number of guanidine groups is 1. The SMILES string of the molecule is C[N+](CCC(=O)NCCCC[P+](c1ccccc1)(c1ccccc1)c1ccccc1)=C(N)N.O=C([O-])C(F)(F)F.O=C([O-])C(F)(F)F. The van der Waals surface area contributed by atoms with Crippen molar-refractivity contribution in [2.45, 2.75) is 31.6 Å². The van der Waals surface area contributed by atoms with E-state index >= 15 is 0 Å². The number of nitrogens with two attached hydrogens (primary N) is 2. The molecule has 3 rings (SSSR count). The number of aliphatic carboxylic acids is 2. The maximum Gasteiger partial charge on any atom is 0.430 e. The van der Waals surface area contributed by atoms with Gasteiger partial charge in [-0.2, -0.15) is 26.3 Å². The molecule has 0 saturated carbocycles. The number of carboxylic acids is 2. The van der Waals surface area contributed by atoms with Crippen LogP contribution in [0.3, 0.4) is 0 Å². The molecule has 0 aliphatic carbocycles. The smallest absolute Gasteiger partial charge is 0.430 e. The molecular weight excluding hydrogens is 653 g/mol. The van der Waals surface area contributed by atoms with Crippen molar-refractivity contribution in [2.75, 3.05) is 26.3 Å². The van der Waals surface area contributed by atoms with E-state index in [0.29, 0.717) is 19.5 Å². The van der Waals surface area contributed by atoms with E-state index in [-0.39, 0.29) is 11.9 Å².